The Labute approximate surface area is 119 Å². The lowest BCUT2D eigenvalue weighted by atomic mass is 10.1. The van der Waals surface area contributed by atoms with Crippen LogP contribution in [0.5, 0.6) is 0 Å². The van der Waals surface area contributed by atoms with Crippen molar-refractivity contribution >= 4 is 17.3 Å². The zero-order valence-electron chi connectivity index (χ0n) is 11.0. The third-order valence-corrected chi connectivity index (χ3v) is 3.50. The summed E-state index contributed by atoms with van der Waals surface area (Å²) in [6.45, 7) is 0.621. The van der Waals surface area contributed by atoms with Crippen LogP contribution in [0.2, 0.25) is 0 Å². The summed E-state index contributed by atoms with van der Waals surface area (Å²) in [5, 5.41) is 30.8. The molecule has 1 aromatic carbocycles. The van der Waals surface area contributed by atoms with Gasteiger partial charge >= 0.3 is 5.97 Å². The molecule has 1 fully saturated rings. The topological polar surface area (TPSA) is 127 Å². The standard InChI is InChI=1S/C12H13N3O6/c16-12(17)10-2-1-5-13(10)7-8-3-4-9(14(18)19)6-11(8)15(20)21/h3-4,6,10H,1-2,5,7H2,(H,16,17). The first-order valence-corrected chi connectivity index (χ1v) is 6.28. The van der Waals surface area contributed by atoms with Crippen molar-refractivity contribution in [2.24, 2.45) is 0 Å². The minimum absolute atomic E-state index is 0.0886. The number of carboxylic acid groups (broad SMARTS) is 1. The highest BCUT2D eigenvalue weighted by Crippen LogP contribution is 2.28. The van der Waals surface area contributed by atoms with Gasteiger partial charge in [0.05, 0.1) is 15.9 Å². The number of benzene rings is 1. The van der Waals surface area contributed by atoms with E-state index < -0.39 is 21.9 Å². The van der Waals surface area contributed by atoms with Gasteiger partial charge in [-0.05, 0) is 25.5 Å². The minimum atomic E-state index is -0.961. The number of rotatable bonds is 5. The van der Waals surface area contributed by atoms with Crippen molar-refractivity contribution in [1.29, 1.82) is 0 Å². The fourth-order valence-electron chi connectivity index (χ4n) is 2.48. The predicted molar refractivity (Wildman–Crippen MR) is 70.8 cm³/mol. The largest absolute Gasteiger partial charge is 0.480 e. The van der Waals surface area contributed by atoms with Crippen LogP contribution in [0.25, 0.3) is 0 Å². The van der Waals surface area contributed by atoms with Crippen molar-refractivity contribution < 1.29 is 19.7 Å². The molecule has 1 heterocycles. The second-order valence-corrected chi connectivity index (χ2v) is 4.79. The maximum atomic E-state index is 11.1. The molecule has 1 N–H and O–H groups in total. The van der Waals surface area contributed by atoms with Gasteiger partial charge in [0.15, 0.2) is 0 Å². The maximum Gasteiger partial charge on any atom is 0.320 e. The number of nitro groups is 2. The van der Waals surface area contributed by atoms with E-state index >= 15 is 0 Å². The summed E-state index contributed by atoms with van der Waals surface area (Å²) in [6.07, 6.45) is 1.20. The van der Waals surface area contributed by atoms with E-state index in [9.17, 15) is 25.0 Å². The molecule has 0 aliphatic carbocycles. The summed E-state index contributed by atoms with van der Waals surface area (Å²) in [6, 6.07) is 2.74. The van der Waals surface area contributed by atoms with Gasteiger partial charge < -0.3 is 5.11 Å². The van der Waals surface area contributed by atoms with E-state index in [1.165, 1.54) is 12.1 Å². The summed E-state index contributed by atoms with van der Waals surface area (Å²) in [4.78, 5) is 33.0. The van der Waals surface area contributed by atoms with Crippen molar-refractivity contribution in [2.45, 2.75) is 25.4 Å². The Balaban J connectivity index is 2.29. The predicted octanol–water partition coefficient (Wildman–Crippen LogP) is 1.55. The highest BCUT2D eigenvalue weighted by Gasteiger charge is 2.32. The van der Waals surface area contributed by atoms with Gasteiger partial charge in [-0.25, -0.2) is 0 Å². The Morgan fingerprint density at radius 2 is 2.05 bits per heavy atom. The number of likely N-dealkylation sites (tertiary alicyclic amines) is 1. The van der Waals surface area contributed by atoms with Gasteiger partial charge in [0.25, 0.3) is 11.4 Å². The fraction of sp³-hybridized carbons (Fsp3) is 0.417. The lowest BCUT2D eigenvalue weighted by Gasteiger charge is -2.20. The highest BCUT2D eigenvalue weighted by molar-refractivity contribution is 5.73. The first-order chi connectivity index (χ1) is 9.90. The Bertz CT molecular complexity index is 603. The van der Waals surface area contributed by atoms with E-state index in [1.807, 2.05) is 0 Å². The van der Waals surface area contributed by atoms with Gasteiger partial charge in [-0.15, -0.1) is 0 Å². The van der Waals surface area contributed by atoms with Crippen LogP contribution in [0, 0.1) is 20.2 Å². The minimum Gasteiger partial charge on any atom is -0.480 e. The molecular weight excluding hydrogens is 282 g/mol. The number of nitro benzene ring substituents is 2. The van der Waals surface area contributed by atoms with Crippen molar-refractivity contribution in [3.63, 3.8) is 0 Å². The van der Waals surface area contributed by atoms with Gasteiger partial charge in [0.1, 0.15) is 6.04 Å². The van der Waals surface area contributed by atoms with Crippen LogP contribution in [0.4, 0.5) is 11.4 Å². The van der Waals surface area contributed by atoms with Crippen molar-refractivity contribution in [3.8, 4) is 0 Å². The molecule has 21 heavy (non-hydrogen) atoms. The van der Waals surface area contributed by atoms with Crippen LogP contribution < -0.4 is 0 Å². The van der Waals surface area contributed by atoms with Crippen LogP contribution in [0.3, 0.4) is 0 Å². The lowest BCUT2D eigenvalue weighted by molar-refractivity contribution is -0.394. The number of aliphatic carboxylic acids is 1. The molecule has 1 aromatic rings. The summed E-state index contributed by atoms with van der Waals surface area (Å²) in [5.74, 6) is -0.961. The molecule has 112 valence electrons. The van der Waals surface area contributed by atoms with Crippen molar-refractivity contribution in [2.75, 3.05) is 6.54 Å². The van der Waals surface area contributed by atoms with E-state index in [4.69, 9.17) is 5.11 Å². The SMILES string of the molecule is O=C(O)C1CCCN1Cc1ccc([N+](=O)[O-])cc1[N+](=O)[O-]. The van der Waals surface area contributed by atoms with Gasteiger partial charge in [-0.2, -0.15) is 0 Å². The van der Waals surface area contributed by atoms with Gasteiger partial charge in [0.2, 0.25) is 0 Å². The summed E-state index contributed by atoms with van der Waals surface area (Å²) in [7, 11) is 0. The van der Waals surface area contributed by atoms with Crippen LogP contribution in [-0.4, -0.2) is 38.4 Å². The zero-order valence-corrected chi connectivity index (χ0v) is 11.0. The van der Waals surface area contributed by atoms with Crippen molar-refractivity contribution in [1.82, 2.24) is 4.90 Å². The fourth-order valence-corrected chi connectivity index (χ4v) is 2.48. The first-order valence-electron chi connectivity index (χ1n) is 6.28. The van der Waals surface area contributed by atoms with Gasteiger partial charge in [-0.3, -0.25) is 29.9 Å². The normalized spacial score (nSPS) is 18.6. The van der Waals surface area contributed by atoms with Gasteiger partial charge in [-0.1, -0.05) is 0 Å². The van der Waals surface area contributed by atoms with E-state index in [2.05, 4.69) is 0 Å². The van der Waals surface area contributed by atoms with E-state index in [0.29, 0.717) is 19.4 Å². The van der Waals surface area contributed by atoms with Crippen LogP contribution in [-0.2, 0) is 11.3 Å². The Kier molecular flexibility index (Phi) is 4.13. The molecule has 1 unspecified atom stereocenters. The number of carboxylic acids is 1. The lowest BCUT2D eigenvalue weighted by Crippen LogP contribution is -2.35. The molecule has 9 nitrogen and oxygen atoms in total. The zero-order chi connectivity index (χ0) is 15.6. The second-order valence-electron chi connectivity index (χ2n) is 4.79. The van der Waals surface area contributed by atoms with Crippen LogP contribution in [0.1, 0.15) is 18.4 Å². The maximum absolute atomic E-state index is 11.1. The molecule has 0 radical (unpaired) electrons. The van der Waals surface area contributed by atoms with E-state index in [1.54, 1.807) is 4.90 Å². The molecule has 9 heteroatoms. The molecule has 0 spiro atoms. The highest BCUT2D eigenvalue weighted by atomic mass is 16.6. The average molecular weight is 295 g/mol. The number of nitrogens with zero attached hydrogens (tertiary/aromatic N) is 3. The first kappa shape index (κ1) is 14.9. The quantitative estimate of drug-likeness (QED) is 0.644. The molecule has 0 saturated carbocycles. The average Bonchev–Trinajstić information content (AvgIpc) is 2.87. The Morgan fingerprint density at radius 1 is 1.33 bits per heavy atom. The third-order valence-electron chi connectivity index (χ3n) is 3.50. The number of non-ortho nitro benzene ring substituents is 1. The van der Waals surface area contributed by atoms with Crippen LogP contribution in [0.15, 0.2) is 18.2 Å². The molecule has 1 atom stereocenters. The van der Waals surface area contributed by atoms with Crippen molar-refractivity contribution in [3.05, 3.63) is 44.0 Å². The molecule has 0 bridgehead atoms. The summed E-state index contributed by atoms with van der Waals surface area (Å²) >= 11 is 0. The second kappa shape index (κ2) is 5.83. The molecule has 2 rings (SSSR count). The molecule has 1 aliphatic rings. The summed E-state index contributed by atoms with van der Waals surface area (Å²) in [5.41, 5.74) is -0.444. The summed E-state index contributed by atoms with van der Waals surface area (Å²) < 4.78 is 0. The molecular formula is C12H13N3O6. The molecule has 0 aromatic heterocycles. The van der Waals surface area contributed by atoms with Crippen LogP contribution >= 0.6 is 0 Å². The third kappa shape index (κ3) is 3.14. The smallest absolute Gasteiger partial charge is 0.320 e. The molecule has 1 saturated heterocycles. The van der Waals surface area contributed by atoms with Gasteiger partial charge in [0, 0.05) is 18.2 Å². The number of hydrogen-bond acceptors (Lipinski definition) is 6. The van der Waals surface area contributed by atoms with E-state index in [0.717, 1.165) is 6.07 Å². The molecule has 0 amide bonds. The Morgan fingerprint density at radius 3 is 2.62 bits per heavy atom. The Hall–Kier alpha value is -2.55. The molecule has 1 aliphatic heterocycles. The van der Waals surface area contributed by atoms with E-state index in [-0.39, 0.29) is 23.5 Å². The number of carbonyl (C=O) groups is 1. The number of hydrogen-bond donors (Lipinski definition) is 1. The monoisotopic (exact) mass is 295 g/mol.